The summed E-state index contributed by atoms with van der Waals surface area (Å²) in [6.45, 7) is 6.86. The van der Waals surface area contributed by atoms with Gasteiger partial charge in [-0.05, 0) is 30.6 Å². The van der Waals surface area contributed by atoms with Crippen LogP contribution in [-0.2, 0) is 0 Å². The number of aliphatic hydroxyl groups excluding tert-OH is 1. The van der Waals surface area contributed by atoms with Gasteiger partial charge in [0.25, 0.3) is 0 Å². The van der Waals surface area contributed by atoms with E-state index in [0.29, 0.717) is 5.41 Å². The summed E-state index contributed by atoms with van der Waals surface area (Å²) in [5.74, 6) is 0.718. The van der Waals surface area contributed by atoms with E-state index in [1.54, 1.807) is 0 Å². The Balaban J connectivity index is 2.52. The second-order valence-corrected chi connectivity index (χ2v) is 5.24. The lowest BCUT2D eigenvalue weighted by atomic mass is 9.76. The standard InChI is InChI=1S/C11H22O/c1-11(2,3)9-6-4-5-7-10(12)8-9/h9-10,12H,4-8H2,1-3H3/t9-,10+/m0/s1. The van der Waals surface area contributed by atoms with Crippen LogP contribution in [0.3, 0.4) is 0 Å². The Morgan fingerprint density at radius 2 is 1.67 bits per heavy atom. The minimum Gasteiger partial charge on any atom is -0.393 e. The molecule has 2 atom stereocenters. The van der Waals surface area contributed by atoms with Crippen LogP contribution in [0.4, 0.5) is 0 Å². The molecule has 72 valence electrons. The van der Waals surface area contributed by atoms with Crippen molar-refractivity contribution in [1.29, 1.82) is 0 Å². The molecule has 0 unspecified atom stereocenters. The maximum Gasteiger partial charge on any atom is 0.0543 e. The molecule has 0 aromatic carbocycles. The van der Waals surface area contributed by atoms with Crippen molar-refractivity contribution in [2.75, 3.05) is 0 Å². The highest BCUT2D eigenvalue weighted by Crippen LogP contribution is 2.36. The smallest absolute Gasteiger partial charge is 0.0543 e. The van der Waals surface area contributed by atoms with E-state index in [1.165, 1.54) is 19.3 Å². The molecule has 1 saturated carbocycles. The highest BCUT2D eigenvalue weighted by molar-refractivity contribution is 4.79. The van der Waals surface area contributed by atoms with Crippen LogP contribution in [0.5, 0.6) is 0 Å². The van der Waals surface area contributed by atoms with E-state index in [0.717, 1.165) is 18.8 Å². The Morgan fingerprint density at radius 3 is 2.25 bits per heavy atom. The minimum atomic E-state index is -0.0308. The Bertz CT molecular complexity index is 134. The number of rotatable bonds is 0. The lowest BCUT2D eigenvalue weighted by Crippen LogP contribution is -2.23. The zero-order chi connectivity index (χ0) is 9.19. The van der Waals surface area contributed by atoms with E-state index in [2.05, 4.69) is 20.8 Å². The second-order valence-electron chi connectivity index (χ2n) is 5.24. The zero-order valence-electron chi connectivity index (χ0n) is 8.64. The predicted molar refractivity (Wildman–Crippen MR) is 52.0 cm³/mol. The van der Waals surface area contributed by atoms with Crippen LogP contribution in [0.2, 0.25) is 0 Å². The Morgan fingerprint density at radius 1 is 1.08 bits per heavy atom. The van der Waals surface area contributed by atoms with Gasteiger partial charge in [-0.3, -0.25) is 0 Å². The topological polar surface area (TPSA) is 20.2 Å². The zero-order valence-corrected chi connectivity index (χ0v) is 8.64. The first-order chi connectivity index (χ1) is 5.50. The first kappa shape index (κ1) is 10.0. The maximum atomic E-state index is 9.62. The van der Waals surface area contributed by atoms with Gasteiger partial charge in [0, 0.05) is 0 Å². The molecule has 1 nitrogen and oxygen atoms in total. The molecule has 0 heterocycles. The van der Waals surface area contributed by atoms with Crippen molar-refractivity contribution in [3.8, 4) is 0 Å². The van der Waals surface area contributed by atoms with Crippen molar-refractivity contribution < 1.29 is 5.11 Å². The van der Waals surface area contributed by atoms with Gasteiger partial charge < -0.3 is 5.11 Å². The van der Waals surface area contributed by atoms with Gasteiger partial charge in [-0.15, -0.1) is 0 Å². The summed E-state index contributed by atoms with van der Waals surface area (Å²) in [4.78, 5) is 0. The van der Waals surface area contributed by atoms with Crippen LogP contribution >= 0.6 is 0 Å². The first-order valence-electron chi connectivity index (χ1n) is 5.18. The van der Waals surface area contributed by atoms with E-state index in [9.17, 15) is 5.11 Å². The van der Waals surface area contributed by atoms with Crippen molar-refractivity contribution in [2.45, 2.75) is 59.0 Å². The fourth-order valence-corrected chi connectivity index (χ4v) is 2.12. The molecule has 1 heteroatoms. The van der Waals surface area contributed by atoms with Crippen LogP contribution in [0.1, 0.15) is 52.9 Å². The lowest BCUT2D eigenvalue weighted by Gasteiger charge is -2.30. The SMILES string of the molecule is CC(C)(C)[C@H]1CCCC[C@@H](O)C1. The van der Waals surface area contributed by atoms with E-state index < -0.39 is 0 Å². The molecule has 0 bridgehead atoms. The fraction of sp³-hybridized carbons (Fsp3) is 1.00. The number of aliphatic hydroxyl groups is 1. The summed E-state index contributed by atoms with van der Waals surface area (Å²) in [5, 5.41) is 9.62. The minimum absolute atomic E-state index is 0.0308. The van der Waals surface area contributed by atoms with Crippen molar-refractivity contribution >= 4 is 0 Å². The summed E-state index contributed by atoms with van der Waals surface area (Å²) in [6, 6.07) is 0. The molecule has 0 aliphatic heterocycles. The Hall–Kier alpha value is -0.0400. The van der Waals surface area contributed by atoms with Crippen molar-refractivity contribution in [2.24, 2.45) is 11.3 Å². The molecule has 0 saturated heterocycles. The largest absolute Gasteiger partial charge is 0.393 e. The van der Waals surface area contributed by atoms with Gasteiger partial charge in [0.15, 0.2) is 0 Å². The highest BCUT2D eigenvalue weighted by atomic mass is 16.3. The van der Waals surface area contributed by atoms with Gasteiger partial charge in [-0.2, -0.15) is 0 Å². The Labute approximate surface area is 76.2 Å². The molecule has 0 aromatic heterocycles. The molecule has 0 spiro atoms. The summed E-state index contributed by atoms with van der Waals surface area (Å²) in [7, 11) is 0. The quantitative estimate of drug-likeness (QED) is 0.554. The molecule has 1 aliphatic carbocycles. The van der Waals surface area contributed by atoms with E-state index in [-0.39, 0.29) is 6.10 Å². The summed E-state index contributed by atoms with van der Waals surface area (Å²) in [6.07, 6.45) is 5.83. The van der Waals surface area contributed by atoms with Gasteiger partial charge in [-0.1, -0.05) is 33.6 Å². The summed E-state index contributed by atoms with van der Waals surface area (Å²) in [5.41, 5.74) is 0.380. The van der Waals surface area contributed by atoms with Crippen LogP contribution in [0, 0.1) is 11.3 Å². The monoisotopic (exact) mass is 170 g/mol. The highest BCUT2D eigenvalue weighted by Gasteiger charge is 2.28. The van der Waals surface area contributed by atoms with Gasteiger partial charge in [0.2, 0.25) is 0 Å². The number of hydrogen-bond acceptors (Lipinski definition) is 1. The third-order valence-corrected chi connectivity index (χ3v) is 3.12. The Kier molecular flexibility index (Phi) is 3.16. The van der Waals surface area contributed by atoms with Crippen molar-refractivity contribution in [1.82, 2.24) is 0 Å². The molecule has 0 amide bonds. The van der Waals surface area contributed by atoms with E-state index >= 15 is 0 Å². The third-order valence-electron chi connectivity index (χ3n) is 3.12. The molecular weight excluding hydrogens is 148 g/mol. The fourth-order valence-electron chi connectivity index (χ4n) is 2.12. The molecule has 1 aliphatic rings. The van der Waals surface area contributed by atoms with E-state index in [1.807, 2.05) is 0 Å². The van der Waals surface area contributed by atoms with Crippen LogP contribution in [-0.4, -0.2) is 11.2 Å². The van der Waals surface area contributed by atoms with Gasteiger partial charge in [0.1, 0.15) is 0 Å². The summed E-state index contributed by atoms with van der Waals surface area (Å²) < 4.78 is 0. The molecule has 1 rings (SSSR count). The molecule has 1 N–H and O–H groups in total. The van der Waals surface area contributed by atoms with Crippen molar-refractivity contribution in [3.05, 3.63) is 0 Å². The lowest BCUT2D eigenvalue weighted by molar-refractivity contribution is 0.105. The molecule has 1 fully saturated rings. The molecule has 0 radical (unpaired) electrons. The molecule has 12 heavy (non-hydrogen) atoms. The normalized spacial score (nSPS) is 33.0. The van der Waals surface area contributed by atoms with Gasteiger partial charge in [0.05, 0.1) is 6.10 Å². The summed E-state index contributed by atoms with van der Waals surface area (Å²) >= 11 is 0. The molecule has 0 aromatic rings. The van der Waals surface area contributed by atoms with E-state index in [4.69, 9.17) is 0 Å². The third kappa shape index (κ3) is 2.78. The number of hydrogen-bond donors (Lipinski definition) is 1. The van der Waals surface area contributed by atoms with Crippen molar-refractivity contribution in [3.63, 3.8) is 0 Å². The van der Waals surface area contributed by atoms with Crippen LogP contribution in [0.15, 0.2) is 0 Å². The van der Waals surface area contributed by atoms with Crippen LogP contribution < -0.4 is 0 Å². The van der Waals surface area contributed by atoms with Gasteiger partial charge >= 0.3 is 0 Å². The van der Waals surface area contributed by atoms with Crippen LogP contribution in [0.25, 0.3) is 0 Å². The molecular formula is C11H22O. The first-order valence-corrected chi connectivity index (χ1v) is 5.18. The maximum absolute atomic E-state index is 9.62. The predicted octanol–water partition coefficient (Wildman–Crippen LogP) is 2.97. The average molecular weight is 170 g/mol. The second kappa shape index (κ2) is 3.78. The average Bonchev–Trinajstić information content (AvgIpc) is 2.11. The van der Waals surface area contributed by atoms with Gasteiger partial charge in [-0.25, -0.2) is 0 Å².